The molecule has 1 aliphatic carbocycles. The predicted molar refractivity (Wildman–Crippen MR) is 59.1 cm³/mol. The summed E-state index contributed by atoms with van der Waals surface area (Å²) in [6.07, 6.45) is 0. The minimum atomic E-state index is -0.718. The molecular weight excluding hydrogens is 212 g/mol. The number of carboxylic acid groups (broad SMARTS) is 1. The number of aliphatic carboxylic acids is 1. The maximum Gasteiger partial charge on any atom is 0.307 e. The van der Waals surface area contributed by atoms with Crippen molar-refractivity contribution in [3.8, 4) is 0 Å². The van der Waals surface area contributed by atoms with Crippen molar-refractivity contribution >= 4 is 17.6 Å². The van der Waals surface area contributed by atoms with Gasteiger partial charge < -0.3 is 5.11 Å². The summed E-state index contributed by atoms with van der Waals surface area (Å²) < 4.78 is 0. The Morgan fingerprint density at radius 2 is 2.13 bits per heavy atom. The van der Waals surface area contributed by atoms with Gasteiger partial charge >= 0.3 is 5.97 Å². The van der Waals surface area contributed by atoms with Gasteiger partial charge in [-0.05, 0) is 23.1 Å². The molecular formula is C12H13ClO2. The highest BCUT2D eigenvalue weighted by atomic mass is 35.5. The quantitative estimate of drug-likeness (QED) is 0.838. The van der Waals surface area contributed by atoms with Gasteiger partial charge in [0.2, 0.25) is 0 Å². The summed E-state index contributed by atoms with van der Waals surface area (Å²) in [5.74, 6) is -0.908. The van der Waals surface area contributed by atoms with E-state index in [1.807, 2.05) is 32.0 Å². The lowest BCUT2D eigenvalue weighted by Gasteiger charge is -2.02. The lowest BCUT2D eigenvalue weighted by atomic mass is 10.0. The van der Waals surface area contributed by atoms with Crippen molar-refractivity contribution in [2.45, 2.75) is 19.8 Å². The molecule has 1 N–H and O–H groups in total. The summed E-state index contributed by atoms with van der Waals surface area (Å²) in [6.45, 7) is 3.97. The Bertz CT molecular complexity index is 412. The van der Waals surface area contributed by atoms with Gasteiger partial charge in [0.15, 0.2) is 0 Å². The summed E-state index contributed by atoms with van der Waals surface area (Å²) in [5.41, 5.74) is 0.871. The van der Waals surface area contributed by atoms with Crippen molar-refractivity contribution in [1.82, 2.24) is 0 Å². The van der Waals surface area contributed by atoms with Gasteiger partial charge in [-0.25, -0.2) is 0 Å². The van der Waals surface area contributed by atoms with Crippen LogP contribution < -0.4 is 0 Å². The second-order valence-corrected chi connectivity index (χ2v) is 5.11. The Labute approximate surface area is 93.9 Å². The van der Waals surface area contributed by atoms with Crippen LogP contribution in [0.15, 0.2) is 24.3 Å². The molecule has 15 heavy (non-hydrogen) atoms. The van der Waals surface area contributed by atoms with E-state index < -0.39 is 5.97 Å². The van der Waals surface area contributed by atoms with Crippen molar-refractivity contribution in [1.29, 1.82) is 0 Å². The third kappa shape index (κ3) is 1.63. The van der Waals surface area contributed by atoms with Crippen LogP contribution in [0.5, 0.6) is 0 Å². The fraction of sp³-hybridized carbons (Fsp3) is 0.417. The SMILES string of the molecule is CC1(C)[C@H](C(=O)O)[C@H]1c1cccc(Cl)c1. The molecule has 0 heterocycles. The van der Waals surface area contributed by atoms with E-state index >= 15 is 0 Å². The number of benzene rings is 1. The van der Waals surface area contributed by atoms with Gasteiger partial charge in [0.05, 0.1) is 5.92 Å². The number of carbonyl (C=O) groups is 1. The van der Waals surface area contributed by atoms with Gasteiger partial charge in [-0.3, -0.25) is 4.79 Å². The molecule has 0 aromatic heterocycles. The van der Waals surface area contributed by atoms with Crippen LogP contribution in [0.2, 0.25) is 5.02 Å². The van der Waals surface area contributed by atoms with Crippen molar-refractivity contribution in [3.63, 3.8) is 0 Å². The van der Waals surface area contributed by atoms with Crippen molar-refractivity contribution in [3.05, 3.63) is 34.9 Å². The lowest BCUT2D eigenvalue weighted by molar-refractivity contribution is -0.139. The molecule has 1 aromatic rings. The number of halogens is 1. The van der Waals surface area contributed by atoms with Crippen LogP contribution in [-0.2, 0) is 4.79 Å². The summed E-state index contributed by atoms with van der Waals surface area (Å²) in [6, 6.07) is 7.47. The molecule has 1 aromatic carbocycles. The van der Waals surface area contributed by atoms with Gasteiger partial charge in [-0.15, -0.1) is 0 Å². The molecule has 1 saturated carbocycles. The second-order valence-electron chi connectivity index (χ2n) is 4.67. The van der Waals surface area contributed by atoms with E-state index in [0.717, 1.165) is 5.56 Å². The molecule has 0 unspecified atom stereocenters. The molecule has 80 valence electrons. The van der Waals surface area contributed by atoms with Gasteiger partial charge in [-0.2, -0.15) is 0 Å². The van der Waals surface area contributed by atoms with E-state index in [9.17, 15) is 4.79 Å². The fourth-order valence-corrected chi connectivity index (χ4v) is 2.62. The smallest absolute Gasteiger partial charge is 0.307 e. The molecule has 1 fully saturated rings. The Kier molecular flexibility index (Phi) is 2.27. The monoisotopic (exact) mass is 224 g/mol. The van der Waals surface area contributed by atoms with E-state index in [4.69, 9.17) is 16.7 Å². The topological polar surface area (TPSA) is 37.3 Å². The minimum Gasteiger partial charge on any atom is -0.481 e. The average molecular weight is 225 g/mol. The maximum atomic E-state index is 11.0. The average Bonchev–Trinajstić information content (AvgIpc) is 2.69. The van der Waals surface area contributed by atoms with E-state index in [0.29, 0.717) is 5.02 Å². The summed E-state index contributed by atoms with van der Waals surface area (Å²) in [4.78, 5) is 11.0. The Morgan fingerprint density at radius 3 is 2.60 bits per heavy atom. The zero-order valence-electron chi connectivity index (χ0n) is 8.70. The molecule has 0 spiro atoms. The molecule has 0 bridgehead atoms. The van der Waals surface area contributed by atoms with E-state index in [-0.39, 0.29) is 17.3 Å². The number of hydrogen-bond donors (Lipinski definition) is 1. The summed E-state index contributed by atoms with van der Waals surface area (Å²) >= 11 is 5.89. The molecule has 2 nitrogen and oxygen atoms in total. The Morgan fingerprint density at radius 1 is 1.47 bits per heavy atom. The number of rotatable bonds is 2. The molecule has 3 heteroatoms. The fourth-order valence-electron chi connectivity index (χ4n) is 2.42. The molecule has 0 aliphatic heterocycles. The third-order valence-corrected chi connectivity index (χ3v) is 3.54. The van der Waals surface area contributed by atoms with E-state index in [1.165, 1.54) is 0 Å². The van der Waals surface area contributed by atoms with Gasteiger partial charge in [0.25, 0.3) is 0 Å². The number of hydrogen-bond acceptors (Lipinski definition) is 1. The van der Waals surface area contributed by atoms with Crippen LogP contribution >= 0.6 is 11.6 Å². The first-order valence-electron chi connectivity index (χ1n) is 4.93. The van der Waals surface area contributed by atoms with Crippen LogP contribution in [0, 0.1) is 11.3 Å². The zero-order valence-corrected chi connectivity index (χ0v) is 9.45. The van der Waals surface area contributed by atoms with Crippen LogP contribution in [0.4, 0.5) is 0 Å². The van der Waals surface area contributed by atoms with Crippen LogP contribution in [0.25, 0.3) is 0 Å². The molecule has 0 radical (unpaired) electrons. The normalized spacial score (nSPS) is 27.4. The minimum absolute atomic E-state index is 0.0914. The highest BCUT2D eigenvalue weighted by Crippen LogP contribution is 2.64. The largest absolute Gasteiger partial charge is 0.481 e. The number of carboxylic acids is 1. The molecule has 0 saturated heterocycles. The van der Waals surface area contributed by atoms with Gasteiger partial charge in [-0.1, -0.05) is 37.6 Å². The zero-order chi connectivity index (χ0) is 11.2. The predicted octanol–water partition coefficient (Wildman–Crippen LogP) is 3.16. The van der Waals surface area contributed by atoms with E-state index in [1.54, 1.807) is 6.07 Å². The van der Waals surface area contributed by atoms with Crippen molar-refractivity contribution in [2.24, 2.45) is 11.3 Å². The first-order chi connectivity index (χ1) is 6.94. The third-order valence-electron chi connectivity index (χ3n) is 3.30. The van der Waals surface area contributed by atoms with Crippen molar-refractivity contribution in [2.75, 3.05) is 0 Å². The molecule has 2 atom stereocenters. The van der Waals surface area contributed by atoms with Crippen molar-refractivity contribution < 1.29 is 9.90 Å². The Balaban J connectivity index is 2.31. The van der Waals surface area contributed by atoms with E-state index in [2.05, 4.69) is 0 Å². The summed E-state index contributed by atoms with van der Waals surface area (Å²) in [5, 5.41) is 9.72. The lowest BCUT2D eigenvalue weighted by Crippen LogP contribution is -2.03. The molecule has 1 aliphatic rings. The Hall–Kier alpha value is -1.02. The maximum absolute atomic E-state index is 11.0. The van der Waals surface area contributed by atoms with Gasteiger partial charge in [0, 0.05) is 10.9 Å². The first kappa shape index (κ1) is 10.5. The highest BCUT2D eigenvalue weighted by molar-refractivity contribution is 6.30. The van der Waals surface area contributed by atoms with Crippen LogP contribution in [-0.4, -0.2) is 11.1 Å². The molecule has 0 amide bonds. The highest BCUT2D eigenvalue weighted by Gasteiger charge is 2.62. The van der Waals surface area contributed by atoms with Crippen LogP contribution in [0.1, 0.15) is 25.3 Å². The second kappa shape index (κ2) is 3.24. The van der Waals surface area contributed by atoms with Crippen LogP contribution in [0.3, 0.4) is 0 Å². The summed E-state index contributed by atoms with van der Waals surface area (Å²) in [7, 11) is 0. The van der Waals surface area contributed by atoms with Gasteiger partial charge in [0.1, 0.15) is 0 Å². The molecule has 2 rings (SSSR count). The standard InChI is InChI=1S/C12H13ClO2/c1-12(2)9(10(12)11(14)15)7-4-3-5-8(13)6-7/h3-6,9-10H,1-2H3,(H,14,15)/t9-,10+/m1/s1. The first-order valence-corrected chi connectivity index (χ1v) is 5.30.